The SMILES string of the molecule is Cc1ccccc1OCCC(=O)Nc1ccc(S(N)(=O)=O)cc1. The van der Waals surface area contributed by atoms with Crippen LogP contribution in [0.4, 0.5) is 5.69 Å². The molecule has 0 aromatic heterocycles. The molecule has 0 spiro atoms. The lowest BCUT2D eigenvalue weighted by Gasteiger charge is -2.09. The largest absolute Gasteiger partial charge is 0.493 e. The molecule has 0 aliphatic heterocycles. The average Bonchev–Trinajstić information content (AvgIpc) is 2.49. The van der Waals surface area contributed by atoms with Gasteiger partial charge in [-0.15, -0.1) is 0 Å². The molecular weight excluding hydrogens is 316 g/mol. The zero-order chi connectivity index (χ0) is 16.9. The number of anilines is 1. The first-order valence-corrected chi connectivity index (χ1v) is 8.52. The summed E-state index contributed by atoms with van der Waals surface area (Å²) in [6, 6.07) is 13.2. The number of ether oxygens (including phenoxy) is 1. The van der Waals surface area contributed by atoms with Gasteiger partial charge in [-0.25, -0.2) is 13.6 Å². The fourth-order valence-electron chi connectivity index (χ4n) is 1.92. The molecule has 0 radical (unpaired) electrons. The van der Waals surface area contributed by atoms with Gasteiger partial charge in [0.15, 0.2) is 0 Å². The first-order valence-electron chi connectivity index (χ1n) is 6.97. The number of primary sulfonamides is 1. The molecule has 0 saturated heterocycles. The van der Waals surface area contributed by atoms with Crippen molar-refractivity contribution in [2.45, 2.75) is 18.2 Å². The van der Waals surface area contributed by atoms with E-state index in [2.05, 4.69) is 5.32 Å². The van der Waals surface area contributed by atoms with Gasteiger partial charge in [-0.05, 0) is 42.8 Å². The van der Waals surface area contributed by atoms with Crippen molar-refractivity contribution in [2.24, 2.45) is 5.14 Å². The van der Waals surface area contributed by atoms with Crippen molar-refractivity contribution in [3.05, 3.63) is 54.1 Å². The van der Waals surface area contributed by atoms with E-state index in [1.165, 1.54) is 24.3 Å². The van der Waals surface area contributed by atoms with Crippen molar-refractivity contribution in [2.75, 3.05) is 11.9 Å². The molecule has 23 heavy (non-hydrogen) atoms. The smallest absolute Gasteiger partial charge is 0.238 e. The van der Waals surface area contributed by atoms with Crippen molar-refractivity contribution in [1.82, 2.24) is 0 Å². The zero-order valence-corrected chi connectivity index (χ0v) is 13.5. The molecule has 2 aromatic carbocycles. The highest BCUT2D eigenvalue weighted by Crippen LogP contribution is 2.16. The minimum Gasteiger partial charge on any atom is -0.493 e. The third kappa shape index (κ3) is 5.08. The Hall–Kier alpha value is -2.38. The van der Waals surface area contributed by atoms with E-state index >= 15 is 0 Å². The molecule has 6 nitrogen and oxygen atoms in total. The summed E-state index contributed by atoms with van der Waals surface area (Å²) in [6.45, 7) is 2.19. The first kappa shape index (κ1) is 17.0. The lowest BCUT2D eigenvalue weighted by molar-refractivity contribution is -0.116. The van der Waals surface area contributed by atoms with Gasteiger partial charge in [0.05, 0.1) is 17.9 Å². The highest BCUT2D eigenvalue weighted by molar-refractivity contribution is 7.89. The van der Waals surface area contributed by atoms with Crippen LogP contribution >= 0.6 is 0 Å². The molecule has 0 atom stereocenters. The number of amides is 1. The van der Waals surface area contributed by atoms with Gasteiger partial charge in [0, 0.05) is 5.69 Å². The fourth-order valence-corrected chi connectivity index (χ4v) is 2.44. The maximum atomic E-state index is 11.8. The average molecular weight is 334 g/mol. The Morgan fingerprint density at radius 2 is 1.78 bits per heavy atom. The molecule has 2 rings (SSSR count). The summed E-state index contributed by atoms with van der Waals surface area (Å²) in [6.07, 6.45) is 0.186. The minimum atomic E-state index is -3.73. The van der Waals surface area contributed by atoms with Crippen molar-refractivity contribution >= 4 is 21.6 Å². The maximum Gasteiger partial charge on any atom is 0.238 e. The Balaban J connectivity index is 1.84. The second-order valence-corrected chi connectivity index (χ2v) is 6.54. The van der Waals surface area contributed by atoms with Crippen molar-refractivity contribution in [3.8, 4) is 5.75 Å². The Morgan fingerprint density at radius 1 is 1.13 bits per heavy atom. The monoisotopic (exact) mass is 334 g/mol. The Bertz CT molecular complexity index is 786. The molecule has 0 fully saturated rings. The summed E-state index contributed by atoms with van der Waals surface area (Å²) in [5.41, 5.74) is 1.50. The van der Waals surface area contributed by atoms with Gasteiger partial charge in [0.2, 0.25) is 15.9 Å². The first-order chi connectivity index (χ1) is 10.9. The van der Waals surface area contributed by atoms with Gasteiger partial charge >= 0.3 is 0 Å². The summed E-state index contributed by atoms with van der Waals surface area (Å²) < 4.78 is 27.8. The number of nitrogens with one attached hydrogen (secondary N) is 1. The van der Waals surface area contributed by atoms with E-state index in [1.54, 1.807) is 0 Å². The van der Waals surface area contributed by atoms with Crippen molar-refractivity contribution in [1.29, 1.82) is 0 Å². The molecule has 0 unspecified atom stereocenters. The van der Waals surface area contributed by atoms with E-state index in [0.717, 1.165) is 11.3 Å². The third-order valence-electron chi connectivity index (χ3n) is 3.15. The van der Waals surface area contributed by atoms with E-state index in [-0.39, 0.29) is 23.8 Å². The topological polar surface area (TPSA) is 98.5 Å². The molecule has 3 N–H and O–H groups in total. The van der Waals surface area contributed by atoms with Crippen LogP contribution in [-0.2, 0) is 14.8 Å². The van der Waals surface area contributed by atoms with E-state index in [4.69, 9.17) is 9.88 Å². The Labute approximate surface area is 135 Å². The second-order valence-electron chi connectivity index (χ2n) is 4.98. The van der Waals surface area contributed by atoms with Crippen molar-refractivity contribution in [3.63, 3.8) is 0 Å². The van der Waals surface area contributed by atoms with E-state index < -0.39 is 10.0 Å². The predicted molar refractivity (Wildman–Crippen MR) is 87.7 cm³/mol. The number of aryl methyl sites for hydroxylation is 1. The van der Waals surface area contributed by atoms with Crippen LogP contribution in [0.3, 0.4) is 0 Å². The molecule has 1 amide bonds. The summed E-state index contributed by atoms with van der Waals surface area (Å²) in [4.78, 5) is 11.8. The predicted octanol–water partition coefficient (Wildman–Crippen LogP) is 2.05. The molecular formula is C16H18N2O4S. The summed E-state index contributed by atoms with van der Waals surface area (Å²) in [5.74, 6) is 0.528. The normalized spacial score (nSPS) is 11.0. The van der Waals surface area contributed by atoms with Crippen LogP contribution in [0.1, 0.15) is 12.0 Å². The quantitative estimate of drug-likeness (QED) is 0.844. The third-order valence-corrected chi connectivity index (χ3v) is 4.08. The summed E-state index contributed by atoms with van der Waals surface area (Å²) >= 11 is 0. The fraction of sp³-hybridized carbons (Fsp3) is 0.188. The molecule has 0 aliphatic rings. The Kier molecular flexibility index (Phi) is 5.36. The number of rotatable bonds is 6. The second kappa shape index (κ2) is 7.26. The molecule has 122 valence electrons. The number of hydrogen-bond acceptors (Lipinski definition) is 4. The van der Waals surface area contributed by atoms with E-state index in [1.807, 2.05) is 31.2 Å². The highest BCUT2D eigenvalue weighted by atomic mass is 32.2. The molecule has 0 saturated carbocycles. The number of hydrogen-bond donors (Lipinski definition) is 2. The lowest BCUT2D eigenvalue weighted by atomic mass is 10.2. The van der Waals surface area contributed by atoms with Crippen molar-refractivity contribution < 1.29 is 17.9 Å². The minimum absolute atomic E-state index is 0.00150. The zero-order valence-electron chi connectivity index (χ0n) is 12.7. The van der Waals surface area contributed by atoms with E-state index in [0.29, 0.717) is 5.69 Å². The molecule has 7 heteroatoms. The number of nitrogens with two attached hydrogens (primary N) is 1. The lowest BCUT2D eigenvalue weighted by Crippen LogP contribution is -2.16. The molecule has 0 bridgehead atoms. The van der Waals surface area contributed by atoms with Gasteiger partial charge in [-0.3, -0.25) is 4.79 Å². The van der Waals surface area contributed by atoms with Gasteiger partial charge in [0.1, 0.15) is 5.75 Å². The Morgan fingerprint density at radius 3 is 2.39 bits per heavy atom. The number of sulfonamides is 1. The van der Waals surface area contributed by atoms with Gasteiger partial charge in [0.25, 0.3) is 0 Å². The van der Waals surface area contributed by atoms with Crippen LogP contribution in [0.2, 0.25) is 0 Å². The van der Waals surface area contributed by atoms with Gasteiger partial charge in [-0.1, -0.05) is 18.2 Å². The summed E-state index contributed by atoms with van der Waals surface area (Å²) in [7, 11) is -3.73. The number of para-hydroxylation sites is 1. The van der Waals surface area contributed by atoms with Crippen LogP contribution in [0.5, 0.6) is 5.75 Å². The number of carbonyl (C=O) groups excluding carboxylic acids is 1. The summed E-state index contributed by atoms with van der Waals surface area (Å²) in [5, 5.41) is 7.68. The van der Waals surface area contributed by atoms with Crippen LogP contribution in [0.25, 0.3) is 0 Å². The molecule has 0 aliphatic carbocycles. The van der Waals surface area contributed by atoms with Crippen LogP contribution in [0.15, 0.2) is 53.4 Å². The maximum absolute atomic E-state index is 11.8. The number of carbonyl (C=O) groups is 1. The van der Waals surface area contributed by atoms with E-state index in [9.17, 15) is 13.2 Å². The molecule has 2 aromatic rings. The number of benzene rings is 2. The van der Waals surface area contributed by atoms with Gasteiger partial charge in [-0.2, -0.15) is 0 Å². The van der Waals surface area contributed by atoms with Crippen LogP contribution < -0.4 is 15.2 Å². The van der Waals surface area contributed by atoms with Crippen LogP contribution in [0, 0.1) is 6.92 Å². The molecule has 0 heterocycles. The highest BCUT2D eigenvalue weighted by Gasteiger charge is 2.08. The van der Waals surface area contributed by atoms with Gasteiger partial charge < -0.3 is 10.1 Å². The standard InChI is InChI=1S/C16H18N2O4S/c1-12-4-2-3-5-15(12)22-11-10-16(19)18-13-6-8-14(9-7-13)23(17,20)21/h2-9H,10-11H2,1H3,(H,18,19)(H2,17,20,21). The van der Waals surface area contributed by atoms with Crippen LogP contribution in [-0.4, -0.2) is 20.9 Å².